The normalized spacial score (nSPS) is 13.5. The van der Waals surface area contributed by atoms with E-state index in [0.29, 0.717) is 41.4 Å². The molecule has 8 heteroatoms. The highest BCUT2D eigenvalue weighted by atomic mass is 16.4. The Hall–Kier alpha value is -3.26. The number of aromatic amines is 1. The zero-order valence-corrected chi connectivity index (χ0v) is 13.8. The highest BCUT2D eigenvalue weighted by molar-refractivity contribution is 5.91. The van der Waals surface area contributed by atoms with Gasteiger partial charge in [0.05, 0.1) is 12.2 Å². The van der Waals surface area contributed by atoms with Gasteiger partial charge in [-0.05, 0) is 30.7 Å². The largest absolute Gasteiger partial charge is 0.453 e. The van der Waals surface area contributed by atoms with E-state index in [1.165, 1.54) is 6.07 Å². The van der Waals surface area contributed by atoms with Gasteiger partial charge in [-0.15, -0.1) is 0 Å². The van der Waals surface area contributed by atoms with E-state index in [1.54, 1.807) is 29.4 Å². The van der Waals surface area contributed by atoms with Crippen molar-refractivity contribution < 1.29 is 14.3 Å². The van der Waals surface area contributed by atoms with Crippen LogP contribution in [0.15, 0.2) is 45.9 Å². The lowest BCUT2D eigenvalue weighted by Crippen LogP contribution is -2.39. The second-order valence-electron chi connectivity index (χ2n) is 5.98. The molecule has 3 aromatic heterocycles. The number of aliphatic hydroxyl groups excluding tert-OH is 1. The predicted octanol–water partition coefficient (Wildman–Crippen LogP) is 1.12. The Morgan fingerprint density at radius 1 is 1.35 bits per heavy atom. The van der Waals surface area contributed by atoms with Crippen LogP contribution in [0, 0.1) is 0 Å². The summed E-state index contributed by atoms with van der Waals surface area (Å²) in [5.41, 5.74) is 1.68. The van der Waals surface area contributed by atoms with E-state index < -0.39 is 0 Å². The Morgan fingerprint density at radius 3 is 2.96 bits per heavy atom. The van der Waals surface area contributed by atoms with Crippen molar-refractivity contribution in [2.24, 2.45) is 0 Å². The van der Waals surface area contributed by atoms with Crippen LogP contribution in [0.1, 0.15) is 27.6 Å². The first-order chi connectivity index (χ1) is 12.7. The quantitative estimate of drug-likeness (QED) is 0.730. The molecular weight excluding hydrogens is 336 g/mol. The number of carbonyl (C=O) groups is 1. The third-order valence-corrected chi connectivity index (χ3v) is 4.32. The molecule has 1 amide bonds. The minimum absolute atomic E-state index is 0.162. The van der Waals surface area contributed by atoms with Gasteiger partial charge in [0.1, 0.15) is 18.2 Å². The summed E-state index contributed by atoms with van der Waals surface area (Å²) < 4.78 is 5.31. The first-order valence-corrected chi connectivity index (χ1v) is 8.17. The number of aromatic nitrogens is 3. The Bertz CT molecular complexity index is 1010. The fourth-order valence-electron chi connectivity index (χ4n) is 2.99. The van der Waals surface area contributed by atoms with Crippen molar-refractivity contribution in [3.63, 3.8) is 0 Å². The fraction of sp³-hybridized carbons (Fsp3) is 0.222. The average molecular weight is 352 g/mol. The summed E-state index contributed by atoms with van der Waals surface area (Å²) in [5.74, 6) is 0.631. The van der Waals surface area contributed by atoms with Gasteiger partial charge in [0.2, 0.25) is 0 Å². The van der Waals surface area contributed by atoms with Gasteiger partial charge in [-0.3, -0.25) is 14.6 Å². The molecule has 0 aromatic carbocycles. The number of aliphatic hydroxyl groups is 1. The molecule has 1 aliphatic rings. The molecule has 0 spiro atoms. The highest BCUT2D eigenvalue weighted by Crippen LogP contribution is 2.20. The van der Waals surface area contributed by atoms with Gasteiger partial charge < -0.3 is 19.4 Å². The lowest BCUT2D eigenvalue weighted by Gasteiger charge is -2.27. The fourth-order valence-corrected chi connectivity index (χ4v) is 2.99. The SMILES string of the molecule is O=C(c1ccc(CO)o1)N1CCc2c(nc(-c3cccnc3)[nH]c2=O)C1. The highest BCUT2D eigenvalue weighted by Gasteiger charge is 2.27. The Balaban J connectivity index is 1.64. The zero-order chi connectivity index (χ0) is 18.1. The smallest absolute Gasteiger partial charge is 0.289 e. The summed E-state index contributed by atoms with van der Waals surface area (Å²) >= 11 is 0. The maximum absolute atomic E-state index is 12.6. The number of H-pyrrole nitrogens is 1. The Kier molecular flexibility index (Phi) is 4.10. The van der Waals surface area contributed by atoms with Crippen molar-refractivity contribution in [1.29, 1.82) is 0 Å². The van der Waals surface area contributed by atoms with Crippen molar-refractivity contribution in [2.75, 3.05) is 6.54 Å². The molecule has 3 aromatic rings. The molecule has 0 radical (unpaired) electrons. The maximum Gasteiger partial charge on any atom is 0.289 e. The van der Waals surface area contributed by atoms with Crippen molar-refractivity contribution in [1.82, 2.24) is 19.9 Å². The maximum atomic E-state index is 12.6. The molecule has 132 valence electrons. The van der Waals surface area contributed by atoms with Gasteiger partial charge in [0, 0.05) is 30.1 Å². The molecule has 0 saturated heterocycles. The van der Waals surface area contributed by atoms with Crippen LogP contribution in [0.5, 0.6) is 0 Å². The predicted molar refractivity (Wildman–Crippen MR) is 91.2 cm³/mol. The van der Waals surface area contributed by atoms with Crippen molar-refractivity contribution in [3.05, 3.63) is 69.8 Å². The molecule has 0 saturated carbocycles. The minimum atomic E-state index is -0.291. The van der Waals surface area contributed by atoms with E-state index in [4.69, 9.17) is 9.52 Å². The molecule has 0 unspecified atom stereocenters. The molecule has 0 aliphatic carbocycles. The van der Waals surface area contributed by atoms with Crippen LogP contribution in [0.4, 0.5) is 0 Å². The number of hydrogen-bond acceptors (Lipinski definition) is 6. The number of nitrogens with zero attached hydrogens (tertiary/aromatic N) is 3. The third-order valence-electron chi connectivity index (χ3n) is 4.32. The second kappa shape index (κ2) is 6.57. The van der Waals surface area contributed by atoms with Crippen LogP contribution in [-0.4, -0.2) is 37.4 Å². The van der Waals surface area contributed by atoms with Crippen LogP contribution in [0.25, 0.3) is 11.4 Å². The topological polar surface area (TPSA) is 112 Å². The molecule has 0 bridgehead atoms. The number of carbonyl (C=O) groups excluding carboxylic acids is 1. The minimum Gasteiger partial charge on any atom is -0.453 e. The van der Waals surface area contributed by atoms with Crippen LogP contribution in [-0.2, 0) is 19.6 Å². The number of amides is 1. The van der Waals surface area contributed by atoms with Crippen molar-refractivity contribution in [2.45, 2.75) is 19.6 Å². The first-order valence-electron chi connectivity index (χ1n) is 8.17. The number of rotatable bonds is 3. The van der Waals surface area contributed by atoms with Gasteiger partial charge in [-0.25, -0.2) is 4.98 Å². The number of pyridine rings is 1. The van der Waals surface area contributed by atoms with E-state index in [9.17, 15) is 9.59 Å². The van der Waals surface area contributed by atoms with Crippen molar-refractivity contribution in [3.8, 4) is 11.4 Å². The van der Waals surface area contributed by atoms with Gasteiger partial charge in [0.15, 0.2) is 5.76 Å². The van der Waals surface area contributed by atoms with E-state index in [0.717, 1.165) is 0 Å². The van der Waals surface area contributed by atoms with E-state index in [1.807, 2.05) is 6.07 Å². The van der Waals surface area contributed by atoms with Gasteiger partial charge in [-0.2, -0.15) is 0 Å². The summed E-state index contributed by atoms with van der Waals surface area (Å²) in [6.07, 6.45) is 3.68. The average Bonchev–Trinajstić information content (AvgIpc) is 3.17. The molecule has 4 rings (SSSR count). The molecule has 26 heavy (non-hydrogen) atoms. The number of fused-ring (bicyclic) bond motifs is 1. The van der Waals surface area contributed by atoms with E-state index >= 15 is 0 Å². The molecule has 8 nitrogen and oxygen atoms in total. The standard InChI is InChI=1S/C18H16N4O4/c23-10-12-3-4-15(26-12)18(25)22-7-5-13-14(9-22)20-16(21-17(13)24)11-2-1-6-19-8-11/h1-4,6,8,23H,5,7,9-10H2,(H,20,21,24). The Labute approximate surface area is 148 Å². The molecule has 1 aliphatic heterocycles. The molecule has 2 N–H and O–H groups in total. The summed E-state index contributed by atoms with van der Waals surface area (Å²) in [6, 6.07) is 6.67. The van der Waals surface area contributed by atoms with Crippen LogP contribution in [0.3, 0.4) is 0 Å². The van der Waals surface area contributed by atoms with E-state index in [-0.39, 0.29) is 30.4 Å². The zero-order valence-electron chi connectivity index (χ0n) is 13.8. The van der Waals surface area contributed by atoms with Gasteiger partial charge >= 0.3 is 0 Å². The van der Waals surface area contributed by atoms with Gasteiger partial charge in [0.25, 0.3) is 11.5 Å². The molecule has 4 heterocycles. The lowest BCUT2D eigenvalue weighted by atomic mass is 10.1. The first kappa shape index (κ1) is 16.2. The van der Waals surface area contributed by atoms with Crippen LogP contribution >= 0.6 is 0 Å². The molecular formula is C18H16N4O4. The summed E-state index contributed by atoms with van der Waals surface area (Å²) in [6.45, 7) is 0.361. The van der Waals surface area contributed by atoms with Crippen LogP contribution < -0.4 is 5.56 Å². The lowest BCUT2D eigenvalue weighted by molar-refractivity contribution is 0.0694. The summed E-state index contributed by atoms with van der Waals surface area (Å²) in [5, 5.41) is 9.07. The number of hydrogen-bond donors (Lipinski definition) is 2. The third kappa shape index (κ3) is 2.91. The Morgan fingerprint density at radius 2 is 2.23 bits per heavy atom. The van der Waals surface area contributed by atoms with Gasteiger partial charge in [-0.1, -0.05) is 0 Å². The summed E-state index contributed by atoms with van der Waals surface area (Å²) in [4.78, 5) is 37.9. The second-order valence-corrected chi connectivity index (χ2v) is 5.98. The number of nitrogens with one attached hydrogen (secondary N) is 1. The van der Waals surface area contributed by atoms with Crippen LogP contribution in [0.2, 0.25) is 0 Å². The monoisotopic (exact) mass is 352 g/mol. The summed E-state index contributed by atoms with van der Waals surface area (Å²) in [7, 11) is 0. The molecule has 0 fully saturated rings. The van der Waals surface area contributed by atoms with E-state index in [2.05, 4.69) is 15.0 Å². The number of furan rings is 1. The van der Waals surface area contributed by atoms with Crippen molar-refractivity contribution >= 4 is 5.91 Å². The molecule has 0 atom stereocenters.